The number of hydrogen-bond donors (Lipinski definition) is 1. The van der Waals surface area contributed by atoms with E-state index in [0.29, 0.717) is 6.04 Å². The second kappa shape index (κ2) is 5.90. The largest absolute Gasteiger partial charge is 0.378 e. The molecule has 0 aromatic heterocycles. The predicted molar refractivity (Wildman–Crippen MR) is 90.9 cm³/mol. The Morgan fingerprint density at radius 3 is 2.52 bits per heavy atom. The maximum atomic E-state index is 3.60. The monoisotopic (exact) mass is 280 g/mol. The molecule has 1 N–H and O–H groups in total. The van der Waals surface area contributed by atoms with E-state index in [1.54, 1.807) is 0 Å². The molecule has 2 aromatic carbocycles. The van der Waals surface area contributed by atoms with Crippen molar-refractivity contribution >= 4 is 5.69 Å². The van der Waals surface area contributed by atoms with Gasteiger partial charge in [0.05, 0.1) is 0 Å². The molecule has 0 aliphatic heterocycles. The lowest BCUT2D eigenvalue weighted by Gasteiger charge is -2.15. The number of rotatable bonds is 4. The Morgan fingerprint density at radius 1 is 1.10 bits per heavy atom. The highest BCUT2D eigenvalue weighted by Crippen LogP contribution is 2.37. The molecule has 0 spiro atoms. The molecular weight excluding hydrogens is 256 g/mol. The van der Waals surface area contributed by atoms with Crippen molar-refractivity contribution in [2.75, 3.05) is 25.5 Å². The van der Waals surface area contributed by atoms with Crippen molar-refractivity contribution in [2.45, 2.75) is 25.8 Å². The van der Waals surface area contributed by atoms with Crippen molar-refractivity contribution in [1.82, 2.24) is 5.32 Å². The van der Waals surface area contributed by atoms with E-state index >= 15 is 0 Å². The summed E-state index contributed by atoms with van der Waals surface area (Å²) in [4.78, 5) is 2.14. The van der Waals surface area contributed by atoms with Crippen molar-refractivity contribution in [3.8, 4) is 11.1 Å². The van der Waals surface area contributed by atoms with E-state index < -0.39 is 0 Å². The van der Waals surface area contributed by atoms with Crippen molar-refractivity contribution < 1.29 is 0 Å². The molecule has 0 saturated heterocycles. The highest BCUT2D eigenvalue weighted by Gasteiger charge is 2.23. The summed E-state index contributed by atoms with van der Waals surface area (Å²) < 4.78 is 0. The Kier molecular flexibility index (Phi) is 3.98. The zero-order valence-corrected chi connectivity index (χ0v) is 13.2. The van der Waals surface area contributed by atoms with E-state index in [4.69, 9.17) is 0 Å². The standard InChI is InChI=1S/C19H24N2/c1-4-20-19-13-12-17-16(6-5-7-18(17)19)14-8-10-15(11-9-14)21(2)3/h5-11,19-20H,4,12-13H2,1-3H3. The molecule has 0 bridgehead atoms. The van der Waals surface area contributed by atoms with Crippen LogP contribution in [0.25, 0.3) is 11.1 Å². The highest BCUT2D eigenvalue weighted by molar-refractivity contribution is 5.71. The third-order valence-electron chi connectivity index (χ3n) is 4.42. The molecule has 0 heterocycles. The maximum absolute atomic E-state index is 3.60. The molecular formula is C19H24N2. The summed E-state index contributed by atoms with van der Waals surface area (Å²) in [6.07, 6.45) is 2.40. The number of nitrogens with one attached hydrogen (secondary N) is 1. The van der Waals surface area contributed by atoms with Crippen LogP contribution < -0.4 is 10.2 Å². The van der Waals surface area contributed by atoms with E-state index in [1.165, 1.54) is 40.8 Å². The van der Waals surface area contributed by atoms with Crippen LogP contribution in [0.2, 0.25) is 0 Å². The average molecular weight is 280 g/mol. The van der Waals surface area contributed by atoms with Crippen LogP contribution in [0.15, 0.2) is 42.5 Å². The van der Waals surface area contributed by atoms with Crippen LogP contribution in [-0.4, -0.2) is 20.6 Å². The SMILES string of the molecule is CCNC1CCc2c(-c3ccc(N(C)C)cc3)cccc21. The molecule has 0 amide bonds. The normalized spacial score (nSPS) is 16.8. The molecule has 1 aliphatic carbocycles. The second-order valence-corrected chi connectivity index (χ2v) is 5.96. The van der Waals surface area contributed by atoms with Gasteiger partial charge in [-0.2, -0.15) is 0 Å². The third kappa shape index (κ3) is 2.68. The molecule has 0 fully saturated rings. The lowest BCUT2D eigenvalue weighted by molar-refractivity contribution is 0.549. The second-order valence-electron chi connectivity index (χ2n) is 5.96. The summed E-state index contributed by atoms with van der Waals surface area (Å²) in [6, 6.07) is 16.2. The fraction of sp³-hybridized carbons (Fsp3) is 0.368. The molecule has 1 unspecified atom stereocenters. The van der Waals surface area contributed by atoms with Crippen LogP contribution in [0, 0.1) is 0 Å². The molecule has 110 valence electrons. The van der Waals surface area contributed by atoms with E-state index in [2.05, 4.69) is 73.7 Å². The first-order chi connectivity index (χ1) is 10.2. The van der Waals surface area contributed by atoms with Gasteiger partial charge in [-0.3, -0.25) is 0 Å². The zero-order chi connectivity index (χ0) is 14.8. The van der Waals surface area contributed by atoms with Crippen LogP contribution in [0.4, 0.5) is 5.69 Å². The predicted octanol–water partition coefficient (Wildman–Crippen LogP) is 4.02. The maximum Gasteiger partial charge on any atom is 0.0361 e. The molecule has 1 aliphatic rings. The Labute approximate surface area is 127 Å². The van der Waals surface area contributed by atoms with Crippen molar-refractivity contribution in [1.29, 1.82) is 0 Å². The molecule has 3 rings (SSSR count). The Hall–Kier alpha value is -1.80. The van der Waals surface area contributed by atoms with E-state index in [0.717, 1.165) is 6.54 Å². The molecule has 2 nitrogen and oxygen atoms in total. The Bertz CT molecular complexity index is 614. The minimum Gasteiger partial charge on any atom is -0.378 e. The molecule has 2 aromatic rings. The first kappa shape index (κ1) is 14.2. The number of anilines is 1. The summed E-state index contributed by atoms with van der Waals surface area (Å²) in [5.74, 6) is 0. The molecule has 1 atom stereocenters. The van der Waals surface area contributed by atoms with Gasteiger partial charge in [0.15, 0.2) is 0 Å². The van der Waals surface area contributed by atoms with Gasteiger partial charge in [0, 0.05) is 25.8 Å². The number of fused-ring (bicyclic) bond motifs is 1. The van der Waals surface area contributed by atoms with E-state index in [9.17, 15) is 0 Å². The van der Waals surface area contributed by atoms with Gasteiger partial charge >= 0.3 is 0 Å². The first-order valence-electron chi connectivity index (χ1n) is 7.83. The minimum absolute atomic E-state index is 0.533. The average Bonchev–Trinajstić information content (AvgIpc) is 2.91. The summed E-state index contributed by atoms with van der Waals surface area (Å²) in [5, 5.41) is 3.60. The van der Waals surface area contributed by atoms with Gasteiger partial charge in [-0.25, -0.2) is 0 Å². The minimum atomic E-state index is 0.533. The highest BCUT2D eigenvalue weighted by atomic mass is 15.1. The topological polar surface area (TPSA) is 15.3 Å². The Morgan fingerprint density at radius 2 is 1.86 bits per heavy atom. The van der Waals surface area contributed by atoms with Gasteiger partial charge in [-0.05, 0) is 53.8 Å². The van der Waals surface area contributed by atoms with Gasteiger partial charge in [0.2, 0.25) is 0 Å². The zero-order valence-electron chi connectivity index (χ0n) is 13.2. The number of benzene rings is 2. The number of hydrogen-bond acceptors (Lipinski definition) is 2. The summed E-state index contributed by atoms with van der Waals surface area (Å²) in [6.45, 7) is 3.22. The van der Waals surface area contributed by atoms with Crippen molar-refractivity contribution in [3.63, 3.8) is 0 Å². The van der Waals surface area contributed by atoms with Crippen LogP contribution in [-0.2, 0) is 6.42 Å². The lowest BCUT2D eigenvalue weighted by Crippen LogP contribution is -2.18. The fourth-order valence-electron chi connectivity index (χ4n) is 3.32. The quantitative estimate of drug-likeness (QED) is 0.910. The number of nitrogens with zero attached hydrogens (tertiary/aromatic N) is 1. The van der Waals surface area contributed by atoms with Crippen LogP contribution >= 0.6 is 0 Å². The Balaban J connectivity index is 1.97. The summed E-state index contributed by atoms with van der Waals surface area (Å²) in [7, 11) is 4.16. The summed E-state index contributed by atoms with van der Waals surface area (Å²) in [5.41, 5.74) is 7.00. The van der Waals surface area contributed by atoms with Gasteiger partial charge < -0.3 is 10.2 Å². The van der Waals surface area contributed by atoms with Gasteiger partial charge in [-0.1, -0.05) is 37.3 Å². The van der Waals surface area contributed by atoms with Crippen LogP contribution in [0.3, 0.4) is 0 Å². The molecule has 21 heavy (non-hydrogen) atoms. The van der Waals surface area contributed by atoms with Gasteiger partial charge in [0.25, 0.3) is 0 Å². The van der Waals surface area contributed by atoms with Crippen LogP contribution in [0.1, 0.15) is 30.5 Å². The third-order valence-corrected chi connectivity index (χ3v) is 4.42. The molecule has 2 heteroatoms. The molecule has 0 radical (unpaired) electrons. The van der Waals surface area contributed by atoms with Gasteiger partial charge in [0.1, 0.15) is 0 Å². The molecule has 0 saturated carbocycles. The van der Waals surface area contributed by atoms with E-state index in [-0.39, 0.29) is 0 Å². The first-order valence-corrected chi connectivity index (χ1v) is 7.83. The van der Waals surface area contributed by atoms with Gasteiger partial charge in [-0.15, -0.1) is 0 Å². The van der Waals surface area contributed by atoms with E-state index in [1.807, 2.05) is 0 Å². The van der Waals surface area contributed by atoms with Crippen LogP contribution in [0.5, 0.6) is 0 Å². The lowest BCUT2D eigenvalue weighted by atomic mass is 9.96. The smallest absolute Gasteiger partial charge is 0.0361 e. The van der Waals surface area contributed by atoms with Crippen molar-refractivity contribution in [3.05, 3.63) is 53.6 Å². The van der Waals surface area contributed by atoms with Crippen molar-refractivity contribution in [2.24, 2.45) is 0 Å². The summed E-state index contributed by atoms with van der Waals surface area (Å²) >= 11 is 0. The fourth-order valence-corrected chi connectivity index (χ4v) is 3.32.